The predicted octanol–water partition coefficient (Wildman–Crippen LogP) is 1.92. The summed E-state index contributed by atoms with van der Waals surface area (Å²) in [7, 11) is 1.55. The van der Waals surface area contributed by atoms with Crippen molar-refractivity contribution in [1.82, 2.24) is 10.6 Å². The smallest absolute Gasteiger partial charge is 0.315 e. The first-order chi connectivity index (χ1) is 9.02. The average Bonchev–Trinajstić information content (AvgIpc) is 2.36. The van der Waals surface area contributed by atoms with E-state index in [1.54, 1.807) is 32.2 Å². The average molecular weight is 287 g/mol. The molecule has 0 fully saturated rings. The fourth-order valence-corrected chi connectivity index (χ4v) is 1.66. The molecule has 1 aromatic rings. The Bertz CT molecular complexity index is 424. The number of carbonyl (C=O) groups is 1. The molecule has 2 amide bonds. The van der Waals surface area contributed by atoms with E-state index >= 15 is 0 Å². The Morgan fingerprint density at radius 1 is 1.47 bits per heavy atom. The molecule has 19 heavy (non-hydrogen) atoms. The van der Waals surface area contributed by atoms with Crippen molar-refractivity contribution in [1.29, 1.82) is 0 Å². The van der Waals surface area contributed by atoms with Crippen LogP contribution in [0.1, 0.15) is 18.9 Å². The lowest BCUT2D eigenvalue weighted by Gasteiger charge is -2.11. The van der Waals surface area contributed by atoms with E-state index in [-0.39, 0.29) is 6.03 Å². The molecule has 0 heterocycles. The van der Waals surface area contributed by atoms with Gasteiger partial charge in [0.1, 0.15) is 5.75 Å². The zero-order valence-electron chi connectivity index (χ0n) is 11.1. The molecule has 0 aliphatic rings. The van der Waals surface area contributed by atoms with Crippen LogP contribution in [-0.4, -0.2) is 30.9 Å². The van der Waals surface area contributed by atoms with E-state index in [1.807, 2.05) is 0 Å². The fraction of sp³-hybridized carbons (Fsp3) is 0.462. The highest BCUT2D eigenvalue weighted by atomic mass is 35.5. The van der Waals surface area contributed by atoms with Crippen LogP contribution in [0.2, 0.25) is 5.02 Å². The van der Waals surface area contributed by atoms with Crippen molar-refractivity contribution in [2.24, 2.45) is 0 Å². The fourth-order valence-electron chi connectivity index (χ4n) is 1.50. The summed E-state index contributed by atoms with van der Waals surface area (Å²) >= 11 is 5.85. The number of urea groups is 1. The van der Waals surface area contributed by atoms with Gasteiger partial charge in [-0.3, -0.25) is 0 Å². The van der Waals surface area contributed by atoms with Crippen molar-refractivity contribution in [3.63, 3.8) is 0 Å². The van der Waals surface area contributed by atoms with E-state index in [9.17, 15) is 4.79 Å². The van der Waals surface area contributed by atoms with Gasteiger partial charge in [0.25, 0.3) is 0 Å². The van der Waals surface area contributed by atoms with Gasteiger partial charge in [0.05, 0.1) is 13.2 Å². The van der Waals surface area contributed by atoms with Crippen LogP contribution in [0.4, 0.5) is 4.79 Å². The summed E-state index contributed by atoms with van der Waals surface area (Å²) in [5.41, 5.74) is 0.845. The Balaban J connectivity index is 2.41. The van der Waals surface area contributed by atoms with Gasteiger partial charge in [0.15, 0.2) is 0 Å². The molecule has 0 aromatic heterocycles. The third-order valence-electron chi connectivity index (χ3n) is 2.54. The molecule has 1 aromatic carbocycles. The number of hydrogen-bond donors (Lipinski definition) is 3. The largest absolute Gasteiger partial charge is 0.496 e. The summed E-state index contributed by atoms with van der Waals surface area (Å²) in [5.74, 6) is 0.636. The number of methoxy groups -OCH3 is 1. The van der Waals surface area contributed by atoms with Crippen molar-refractivity contribution >= 4 is 17.6 Å². The Morgan fingerprint density at radius 3 is 2.84 bits per heavy atom. The summed E-state index contributed by atoms with van der Waals surface area (Å²) < 4.78 is 5.18. The van der Waals surface area contributed by atoms with Crippen LogP contribution in [0.25, 0.3) is 0 Å². The van der Waals surface area contributed by atoms with Gasteiger partial charge in [-0.05, 0) is 25.5 Å². The second-order valence-corrected chi connectivity index (χ2v) is 4.64. The van der Waals surface area contributed by atoms with Crippen molar-refractivity contribution in [3.05, 3.63) is 28.8 Å². The minimum Gasteiger partial charge on any atom is -0.496 e. The number of aliphatic hydroxyl groups excluding tert-OH is 1. The maximum atomic E-state index is 11.5. The molecular weight excluding hydrogens is 268 g/mol. The Morgan fingerprint density at radius 2 is 2.21 bits per heavy atom. The molecule has 3 N–H and O–H groups in total. The van der Waals surface area contributed by atoms with Crippen LogP contribution in [0.5, 0.6) is 5.75 Å². The molecule has 1 atom stereocenters. The molecule has 0 bridgehead atoms. The quantitative estimate of drug-likeness (QED) is 0.748. The number of amides is 2. The summed E-state index contributed by atoms with van der Waals surface area (Å²) in [6.07, 6.45) is 0.106. The summed E-state index contributed by atoms with van der Waals surface area (Å²) in [6.45, 7) is 2.46. The van der Waals surface area contributed by atoms with Gasteiger partial charge in [0, 0.05) is 23.7 Å². The van der Waals surface area contributed by atoms with Gasteiger partial charge in [0.2, 0.25) is 0 Å². The highest BCUT2D eigenvalue weighted by Gasteiger charge is 2.06. The number of rotatable bonds is 6. The van der Waals surface area contributed by atoms with Crippen LogP contribution in [-0.2, 0) is 6.54 Å². The summed E-state index contributed by atoms with van der Waals surface area (Å²) in [5, 5.41) is 15.0. The highest BCUT2D eigenvalue weighted by Crippen LogP contribution is 2.22. The number of halogens is 1. The first kappa shape index (κ1) is 15.6. The molecule has 0 spiro atoms. The van der Waals surface area contributed by atoms with Crippen LogP contribution >= 0.6 is 11.6 Å². The van der Waals surface area contributed by atoms with E-state index in [0.29, 0.717) is 30.3 Å². The zero-order chi connectivity index (χ0) is 14.3. The van der Waals surface area contributed by atoms with E-state index in [4.69, 9.17) is 21.4 Å². The number of nitrogens with one attached hydrogen (secondary N) is 2. The molecule has 106 valence electrons. The van der Waals surface area contributed by atoms with Crippen molar-refractivity contribution < 1.29 is 14.6 Å². The monoisotopic (exact) mass is 286 g/mol. The maximum absolute atomic E-state index is 11.5. The predicted molar refractivity (Wildman–Crippen MR) is 74.5 cm³/mol. The van der Waals surface area contributed by atoms with E-state index < -0.39 is 6.10 Å². The lowest BCUT2D eigenvalue weighted by Crippen LogP contribution is -2.36. The number of carbonyl (C=O) groups excluding carboxylic acids is 1. The van der Waals surface area contributed by atoms with Crippen LogP contribution in [0.3, 0.4) is 0 Å². The second kappa shape index (κ2) is 7.86. The normalized spacial score (nSPS) is 11.8. The van der Waals surface area contributed by atoms with Gasteiger partial charge in [-0.25, -0.2) is 4.79 Å². The number of ether oxygens (including phenoxy) is 1. The molecule has 1 rings (SSSR count). The minimum atomic E-state index is -0.420. The SMILES string of the molecule is COc1cc(Cl)ccc1CNC(=O)NCCC(C)O. The van der Waals surface area contributed by atoms with Crippen LogP contribution in [0.15, 0.2) is 18.2 Å². The molecule has 5 nitrogen and oxygen atoms in total. The lowest BCUT2D eigenvalue weighted by atomic mass is 10.2. The van der Waals surface area contributed by atoms with Gasteiger partial charge in [-0.15, -0.1) is 0 Å². The van der Waals surface area contributed by atoms with Gasteiger partial charge < -0.3 is 20.5 Å². The Kier molecular flexibility index (Phi) is 6.45. The van der Waals surface area contributed by atoms with E-state index in [2.05, 4.69) is 10.6 Å². The van der Waals surface area contributed by atoms with E-state index in [0.717, 1.165) is 5.56 Å². The minimum absolute atomic E-state index is 0.280. The molecule has 0 radical (unpaired) electrons. The lowest BCUT2D eigenvalue weighted by molar-refractivity contribution is 0.183. The first-order valence-corrected chi connectivity index (χ1v) is 6.43. The Labute approximate surface area is 117 Å². The molecule has 0 aliphatic carbocycles. The van der Waals surface area contributed by atoms with Crippen LogP contribution in [0, 0.1) is 0 Å². The van der Waals surface area contributed by atoms with E-state index in [1.165, 1.54) is 0 Å². The molecule has 6 heteroatoms. The van der Waals surface area contributed by atoms with Crippen molar-refractivity contribution in [2.45, 2.75) is 26.0 Å². The standard InChI is InChI=1S/C13H19ClN2O3/c1-9(17)5-6-15-13(18)16-8-10-3-4-11(14)7-12(10)19-2/h3-4,7,9,17H,5-6,8H2,1-2H3,(H2,15,16,18). The van der Waals surface area contributed by atoms with Crippen LogP contribution < -0.4 is 15.4 Å². The number of hydrogen-bond acceptors (Lipinski definition) is 3. The zero-order valence-corrected chi connectivity index (χ0v) is 11.8. The van der Waals surface area contributed by atoms with Gasteiger partial charge in [-0.2, -0.15) is 0 Å². The molecule has 0 aliphatic heterocycles. The molecule has 0 saturated carbocycles. The first-order valence-electron chi connectivity index (χ1n) is 6.05. The van der Waals surface area contributed by atoms with Crippen molar-refractivity contribution in [2.75, 3.05) is 13.7 Å². The number of benzene rings is 1. The highest BCUT2D eigenvalue weighted by molar-refractivity contribution is 6.30. The molecule has 0 saturated heterocycles. The maximum Gasteiger partial charge on any atom is 0.315 e. The third kappa shape index (κ3) is 5.81. The Hall–Kier alpha value is -1.46. The van der Waals surface area contributed by atoms with Crippen molar-refractivity contribution in [3.8, 4) is 5.75 Å². The summed E-state index contributed by atoms with van der Waals surface area (Å²) in [4.78, 5) is 11.5. The second-order valence-electron chi connectivity index (χ2n) is 4.20. The van der Waals surface area contributed by atoms with Gasteiger partial charge >= 0.3 is 6.03 Å². The number of aliphatic hydroxyl groups is 1. The third-order valence-corrected chi connectivity index (χ3v) is 2.77. The summed E-state index contributed by atoms with van der Waals surface area (Å²) in [6, 6.07) is 4.96. The molecular formula is C13H19ClN2O3. The molecule has 1 unspecified atom stereocenters. The topological polar surface area (TPSA) is 70.6 Å². The van der Waals surface area contributed by atoms with Gasteiger partial charge in [-0.1, -0.05) is 17.7 Å².